The van der Waals surface area contributed by atoms with Crippen LogP contribution in [0.25, 0.3) is 0 Å². The van der Waals surface area contributed by atoms with Gasteiger partial charge >= 0.3 is 6.03 Å². The molecule has 5 heteroatoms. The molecule has 2 N–H and O–H groups in total. The summed E-state index contributed by atoms with van der Waals surface area (Å²) in [5.41, 5.74) is 4.09. The highest BCUT2D eigenvalue weighted by Crippen LogP contribution is 2.34. The molecule has 1 aliphatic heterocycles. The number of fused-ring (bicyclic) bond motifs is 1. The lowest BCUT2D eigenvalue weighted by molar-refractivity contribution is -0.118. The van der Waals surface area contributed by atoms with Gasteiger partial charge in [-0.15, -0.1) is 0 Å². The van der Waals surface area contributed by atoms with Crippen molar-refractivity contribution >= 4 is 23.3 Å². The van der Waals surface area contributed by atoms with E-state index in [-0.39, 0.29) is 18.0 Å². The molecule has 0 spiro atoms. The Labute approximate surface area is 159 Å². The quantitative estimate of drug-likeness (QED) is 0.864. The fraction of sp³-hybridized carbons (Fsp3) is 0.364. The van der Waals surface area contributed by atoms with Gasteiger partial charge in [0.2, 0.25) is 5.91 Å². The Kier molecular flexibility index (Phi) is 4.84. The second-order valence-electron chi connectivity index (χ2n) is 7.51. The summed E-state index contributed by atoms with van der Waals surface area (Å²) in [5.74, 6) is 0.627. The molecule has 0 unspecified atom stereocenters. The van der Waals surface area contributed by atoms with Crippen molar-refractivity contribution in [2.24, 2.45) is 0 Å². The van der Waals surface area contributed by atoms with Crippen LogP contribution in [-0.4, -0.2) is 25.0 Å². The molecule has 0 aromatic heterocycles. The smallest absolute Gasteiger partial charge is 0.319 e. The molecule has 0 radical (unpaired) electrons. The molecule has 1 heterocycles. The van der Waals surface area contributed by atoms with E-state index in [2.05, 4.69) is 34.9 Å². The number of hydrogen-bond donors (Lipinski definition) is 2. The molecule has 1 fully saturated rings. The third-order valence-corrected chi connectivity index (χ3v) is 5.73. The van der Waals surface area contributed by atoms with Crippen LogP contribution >= 0.6 is 0 Å². The van der Waals surface area contributed by atoms with Crippen LogP contribution in [0.2, 0.25) is 0 Å². The van der Waals surface area contributed by atoms with Gasteiger partial charge in [0.25, 0.3) is 0 Å². The largest absolute Gasteiger partial charge is 0.335 e. The summed E-state index contributed by atoms with van der Waals surface area (Å²) in [4.78, 5) is 26.0. The SMILES string of the molecule is CN1C(=O)CCc2ccc(NC(=O)N[C@H]3CC[C@H](c4ccccc4)C3)cc21. The van der Waals surface area contributed by atoms with E-state index < -0.39 is 0 Å². The van der Waals surface area contributed by atoms with Crippen molar-refractivity contribution in [2.45, 2.75) is 44.1 Å². The highest BCUT2D eigenvalue weighted by atomic mass is 16.2. The number of urea groups is 1. The van der Waals surface area contributed by atoms with Crippen LogP contribution in [0, 0.1) is 0 Å². The molecule has 2 atom stereocenters. The molecule has 27 heavy (non-hydrogen) atoms. The summed E-state index contributed by atoms with van der Waals surface area (Å²) < 4.78 is 0. The van der Waals surface area contributed by atoms with Gasteiger partial charge in [-0.25, -0.2) is 4.79 Å². The number of benzene rings is 2. The first kappa shape index (κ1) is 17.6. The molecule has 3 amide bonds. The van der Waals surface area contributed by atoms with Crippen molar-refractivity contribution in [1.29, 1.82) is 0 Å². The van der Waals surface area contributed by atoms with E-state index in [9.17, 15) is 9.59 Å². The molecule has 1 aliphatic carbocycles. The number of nitrogens with zero attached hydrogens (tertiary/aromatic N) is 1. The van der Waals surface area contributed by atoms with Gasteiger partial charge in [-0.1, -0.05) is 36.4 Å². The molecule has 1 saturated carbocycles. The van der Waals surface area contributed by atoms with Gasteiger partial charge in [0.05, 0.1) is 0 Å². The normalized spacial score (nSPS) is 21.7. The standard InChI is InChI=1S/C22H25N3O2/c1-25-20-14-19(10-7-16(20)9-12-21(25)26)24-22(27)23-18-11-8-17(13-18)15-5-3-2-4-6-15/h2-7,10,14,17-18H,8-9,11-13H2,1H3,(H2,23,24,27)/t17-,18-/m0/s1. The molecule has 0 saturated heterocycles. The van der Waals surface area contributed by atoms with Crippen molar-refractivity contribution in [3.8, 4) is 0 Å². The van der Waals surface area contributed by atoms with E-state index >= 15 is 0 Å². The van der Waals surface area contributed by atoms with E-state index in [0.29, 0.717) is 18.0 Å². The van der Waals surface area contributed by atoms with E-state index in [1.165, 1.54) is 5.56 Å². The number of amides is 3. The lowest BCUT2D eigenvalue weighted by atomic mass is 9.98. The fourth-order valence-corrected chi connectivity index (χ4v) is 4.20. The van der Waals surface area contributed by atoms with E-state index in [0.717, 1.165) is 36.9 Å². The van der Waals surface area contributed by atoms with Gasteiger partial charge < -0.3 is 15.5 Å². The average Bonchev–Trinajstić information content (AvgIpc) is 3.14. The Morgan fingerprint density at radius 2 is 1.89 bits per heavy atom. The van der Waals surface area contributed by atoms with Crippen LogP contribution in [0.4, 0.5) is 16.2 Å². The maximum atomic E-state index is 12.4. The van der Waals surface area contributed by atoms with Crippen LogP contribution in [-0.2, 0) is 11.2 Å². The van der Waals surface area contributed by atoms with Gasteiger partial charge in [0.15, 0.2) is 0 Å². The minimum absolute atomic E-state index is 0.113. The topological polar surface area (TPSA) is 61.4 Å². The van der Waals surface area contributed by atoms with Crippen molar-refractivity contribution in [3.63, 3.8) is 0 Å². The maximum absolute atomic E-state index is 12.4. The predicted molar refractivity (Wildman–Crippen MR) is 107 cm³/mol. The van der Waals surface area contributed by atoms with Crippen molar-refractivity contribution < 1.29 is 9.59 Å². The lowest BCUT2D eigenvalue weighted by Crippen LogP contribution is -2.36. The second kappa shape index (κ2) is 7.43. The molecule has 2 aliphatic rings. The molecular formula is C22H25N3O2. The zero-order valence-corrected chi connectivity index (χ0v) is 15.6. The number of anilines is 2. The summed E-state index contributed by atoms with van der Waals surface area (Å²) in [6.07, 6.45) is 4.36. The zero-order chi connectivity index (χ0) is 18.8. The molecular weight excluding hydrogens is 338 g/mol. The first-order valence-electron chi connectivity index (χ1n) is 9.62. The molecule has 5 nitrogen and oxygen atoms in total. The third kappa shape index (κ3) is 3.82. The highest BCUT2D eigenvalue weighted by molar-refractivity contribution is 5.97. The predicted octanol–water partition coefficient (Wildman–Crippen LogP) is 4.05. The minimum atomic E-state index is -0.182. The molecule has 2 aromatic rings. The lowest BCUT2D eigenvalue weighted by Gasteiger charge is -2.26. The van der Waals surface area contributed by atoms with E-state index in [4.69, 9.17) is 0 Å². The van der Waals surface area contributed by atoms with Gasteiger partial charge in [0, 0.05) is 30.9 Å². The number of carbonyl (C=O) groups excluding carboxylic acids is 2. The van der Waals surface area contributed by atoms with Gasteiger partial charge in [-0.2, -0.15) is 0 Å². The number of hydrogen-bond acceptors (Lipinski definition) is 2. The Hall–Kier alpha value is -2.82. The first-order valence-corrected chi connectivity index (χ1v) is 9.62. The number of carbonyl (C=O) groups is 2. The van der Waals surface area contributed by atoms with Crippen LogP contribution in [0.3, 0.4) is 0 Å². The summed E-state index contributed by atoms with van der Waals surface area (Å²) in [7, 11) is 1.78. The van der Waals surface area contributed by atoms with Crippen molar-refractivity contribution in [2.75, 3.05) is 17.3 Å². The number of nitrogens with one attached hydrogen (secondary N) is 2. The minimum Gasteiger partial charge on any atom is -0.335 e. The van der Waals surface area contributed by atoms with Crippen LogP contribution in [0.5, 0.6) is 0 Å². The van der Waals surface area contributed by atoms with Crippen molar-refractivity contribution in [3.05, 3.63) is 59.7 Å². The zero-order valence-electron chi connectivity index (χ0n) is 15.6. The summed E-state index contributed by atoms with van der Waals surface area (Å²) in [5, 5.41) is 6.02. The van der Waals surface area contributed by atoms with Crippen LogP contribution < -0.4 is 15.5 Å². The molecule has 0 bridgehead atoms. The van der Waals surface area contributed by atoms with Gasteiger partial charge in [0.1, 0.15) is 0 Å². The number of rotatable bonds is 3. The van der Waals surface area contributed by atoms with Crippen LogP contribution in [0.1, 0.15) is 42.7 Å². The fourth-order valence-electron chi connectivity index (χ4n) is 4.20. The van der Waals surface area contributed by atoms with Gasteiger partial charge in [-0.05, 0) is 54.9 Å². The van der Waals surface area contributed by atoms with Crippen molar-refractivity contribution in [1.82, 2.24) is 5.32 Å². The summed E-state index contributed by atoms with van der Waals surface area (Å²) >= 11 is 0. The maximum Gasteiger partial charge on any atom is 0.319 e. The van der Waals surface area contributed by atoms with E-state index in [1.807, 2.05) is 24.3 Å². The Balaban J connectivity index is 1.36. The van der Waals surface area contributed by atoms with Crippen LogP contribution in [0.15, 0.2) is 48.5 Å². The Morgan fingerprint density at radius 3 is 2.70 bits per heavy atom. The Morgan fingerprint density at radius 1 is 1.07 bits per heavy atom. The molecule has 4 rings (SSSR count). The molecule has 140 valence electrons. The molecule has 2 aromatic carbocycles. The average molecular weight is 363 g/mol. The highest BCUT2D eigenvalue weighted by Gasteiger charge is 2.27. The van der Waals surface area contributed by atoms with Gasteiger partial charge in [-0.3, -0.25) is 4.79 Å². The monoisotopic (exact) mass is 363 g/mol. The first-order chi connectivity index (χ1) is 13.1. The summed E-state index contributed by atoms with van der Waals surface area (Å²) in [6, 6.07) is 16.3. The summed E-state index contributed by atoms with van der Waals surface area (Å²) in [6.45, 7) is 0. The third-order valence-electron chi connectivity index (χ3n) is 5.73. The Bertz CT molecular complexity index is 850. The number of aryl methyl sites for hydroxylation is 1. The van der Waals surface area contributed by atoms with E-state index in [1.54, 1.807) is 11.9 Å². The second-order valence-corrected chi connectivity index (χ2v) is 7.51.